The summed E-state index contributed by atoms with van der Waals surface area (Å²) < 4.78 is 5.13. The highest BCUT2D eigenvalue weighted by Crippen LogP contribution is 2.36. The van der Waals surface area contributed by atoms with Gasteiger partial charge >= 0.3 is 5.97 Å². The van der Waals surface area contributed by atoms with Crippen LogP contribution in [0.5, 0.6) is 5.75 Å². The van der Waals surface area contributed by atoms with Crippen LogP contribution in [0.4, 0.5) is 4.79 Å². The minimum Gasteiger partial charge on any atom is -0.497 e. The molecule has 0 spiro atoms. The number of carboxylic acid groups (broad SMARTS) is 1. The summed E-state index contributed by atoms with van der Waals surface area (Å²) in [5, 5.41) is 10.8. The number of thioether (sulfide) groups is 1. The fraction of sp³-hybridized carbons (Fsp3) is 0.174. The van der Waals surface area contributed by atoms with Crippen LogP contribution in [-0.4, -0.2) is 34.2 Å². The second kappa shape index (κ2) is 8.95. The molecule has 158 valence electrons. The smallest absolute Gasteiger partial charge is 0.331 e. The number of nitrogens with zero attached hydrogens (tertiary/aromatic N) is 1. The number of imide groups is 1. The molecule has 8 heteroatoms. The topological polar surface area (TPSA) is 83.9 Å². The van der Waals surface area contributed by atoms with Gasteiger partial charge in [-0.05, 0) is 71.0 Å². The standard InChI is InChI=1S/C23H19NO5S2/c1-29-18-8-2-14(3-9-18)12-24-21(25)20(31-23(24)28)11-19-10-17(13-30-19)15-4-6-16(7-5-15)22(26)27/h2-4,6,8-11,13H,5,7,12H2,1H3,(H,26,27)/b20-11-. The molecule has 1 aliphatic carbocycles. The second-order valence-electron chi connectivity index (χ2n) is 7.04. The number of aliphatic carboxylic acids is 1. The number of carboxylic acids is 1. The van der Waals surface area contributed by atoms with E-state index in [0.717, 1.165) is 33.3 Å². The Morgan fingerprint density at radius 1 is 1.19 bits per heavy atom. The van der Waals surface area contributed by atoms with E-state index in [2.05, 4.69) is 0 Å². The van der Waals surface area contributed by atoms with Gasteiger partial charge in [0.2, 0.25) is 0 Å². The van der Waals surface area contributed by atoms with E-state index in [0.29, 0.717) is 29.1 Å². The first-order valence-corrected chi connectivity index (χ1v) is 11.2. The Balaban J connectivity index is 1.48. The fourth-order valence-electron chi connectivity index (χ4n) is 3.33. The Morgan fingerprint density at radius 2 is 1.97 bits per heavy atom. The molecular formula is C23H19NO5S2. The van der Waals surface area contributed by atoms with Gasteiger partial charge in [-0.25, -0.2) is 4.79 Å². The van der Waals surface area contributed by atoms with Crippen molar-refractivity contribution >= 4 is 51.9 Å². The van der Waals surface area contributed by atoms with Gasteiger partial charge in [0.25, 0.3) is 11.1 Å². The van der Waals surface area contributed by atoms with Gasteiger partial charge in [0.05, 0.1) is 18.6 Å². The number of ether oxygens (including phenoxy) is 1. The molecule has 1 aromatic heterocycles. The number of thiophene rings is 1. The van der Waals surface area contributed by atoms with Crippen LogP contribution >= 0.6 is 23.1 Å². The van der Waals surface area contributed by atoms with Gasteiger partial charge in [0, 0.05) is 10.5 Å². The zero-order valence-electron chi connectivity index (χ0n) is 16.7. The lowest BCUT2D eigenvalue weighted by Gasteiger charge is -2.12. The first-order chi connectivity index (χ1) is 14.9. The third kappa shape index (κ3) is 4.65. The van der Waals surface area contributed by atoms with Gasteiger partial charge in [0.1, 0.15) is 5.75 Å². The highest BCUT2D eigenvalue weighted by atomic mass is 32.2. The number of benzene rings is 1. The SMILES string of the molecule is COc1ccc(CN2C(=O)S/C(=C\c3cc(C4=CC=C(C(=O)O)CC4)cs3)C2=O)cc1. The zero-order chi connectivity index (χ0) is 22.0. The van der Waals surface area contributed by atoms with E-state index >= 15 is 0 Å². The van der Waals surface area contributed by atoms with E-state index in [4.69, 9.17) is 9.84 Å². The van der Waals surface area contributed by atoms with E-state index in [9.17, 15) is 14.4 Å². The Morgan fingerprint density at radius 3 is 2.61 bits per heavy atom. The Hall–Kier alpha value is -3.10. The van der Waals surface area contributed by atoms with E-state index in [1.165, 1.54) is 16.2 Å². The van der Waals surface area contributed by atoms with Crippen molar-refractivity contribution < 1.29 is 24.2 Å². The van der Waals surface area contributed by atoms with Crippen molar-refractivity contribution in [1.82, 2.24) is 4.90 Å². The largest absolute Gasteiger partial charge is 0.497 e. The van der Waals surface area contributed by atoms with E-state index in [-0.39, 0.29) is 17.7 Å². The number of allylic oxidation sites excluding steroid dienone is 3. The summed E-state index contributed by atoms with van der Waals surface area (Å²) in [7, 11) is 1.58. The van der Waals surface area contributed by atoms with Crippen molar-refractivity contribution in [2.24, 2.45) is 0 Å². The highest BCUT2D eigenvalue weighted by molar-refractivity contribution is 8.18. The zero-order valence-corrected chi connectivity index (χ0v) is 18.3. The number of carbonyl (C=O) groups excluding carboxylic acids is 2. The molecule has 1 N–H and O–H groups in total. The molecule has 1 aliphatic heterocycles. The predicted molar refractivity (Wildman–Crippen MR) is 122 cm³/mol. The van der Waals surface area contributed by atoms with Crippen molar-refractivity contribution in [3.8, 4) is 5.75 Å². The molecule has 0 atom stereocenters. The maximum Gasteiger partial charge on any atom is 0.331 e. The van der Waals surface area contributed by atoms with Gasteiger partial charge in [-0.2, -0.15) is 0 Å². The molecule has 2 amide bonds. The summed E-state index contributed by atoms with van der Waals surface area (Å²) in [6.07, 6.45) is 6.38. The Bertz CT molecular complexity index is 1140. The molecule has 1 fully saturated rings. The number of methoxy groups -OCH3 is 1. The van der Waals surface area contributed by atoms with Crippen LogP contribution in [0, 0.1) is 0 Å². The maximum absolute atomic E-state index is 12.8. The summed E-state index contributed by atoms with van der Waals surface area (Å²) >= 11 is 2.43. The van der Waals surface area contributed by atoms with Gasteiger partial charge in [0.15, 0.2) is 0 Å². The van der Waals surface area contributed by atoms with Crippen LogP contribution < -0.4 is 4.74 Å². The van der Waals surface area contributed by atoms with Crippen LogP contribution in [0.15, 0.2) is 58.3 Å². The highest BCUT2D eigenvalue weighted by Gasteiger charge is 2.35. The van der Waals surface area contributed by atoms with Crippen molar-refractivity contribution in [3.05, 3.63) is 74.3 Å². The van der Waals surface area contributed by atoms with Gasteiger partial charge in [-0.15, -0.1) is 11.3 Å². The lowest BCUT2D eigenvalue weighted by atomic mass is 9.95. The second-order valence-corrected chi connectivity index (χ2v) is 8.98. The molecule has 0 unspecified atom stereocenters. The molecule has 0 bridgehead atoms. The van der Waals surface area contributed by atoms with Crippen LogP contribution in [0.3, 0.4) is 0 Å². The van der Waals surface area contributed by atoms with Crippen LogP contribution in [0.25, 0.3) is 11.6 Å². The van der Waals surface area contributed by atoms with Crippen LogP contribution in [0.2, 0.25) is 0 Å². The average molecular weight is 454 g/mol. The van der Waals surface area contributed by atoms with Crippen molar-refractivity contribution in [3.63, 3.8) is 0 Å². The summed E-state index contributed by atoms with van der Waals surface area (Å²) in [6.45, 7) is 0.215. The number of rotatable bonds is 6. The van der Waals surface area contributed by atoms with Crippen LogP contribution in [-0.2, 0) is 16.1 Å². The Labute approximate surface area is 187 Å². The molecule has 1 aromatic carbocycles. The quantitative estimate of drug-likeness (QED) is 0.607. The molecule has 0 saturated carbocycles. The fourth-order valence-corrected chi connectivity index (χ4v) is 5.10. The third-order valence-corrected chi connectivity index (χ3v) is 6.85. The van der Waals surface area contributed by atoms with Crippen LogP contribution in [0.1, 0.15) is 28.8 Å². The summed E-state index contributed by atoms with van der Waals surface area (Å²) in [5.74, 6) is -0.465. The number of hydrogen-bond donors (Lipinski definition) is 1. The first-order valence-electron chi connectivity index (χ1n) is 9.55. The number of hydrogen-bond acceptors (Lipinski definition) is 6. The molecule has 2 aromatic rings. The molecule has 0 radical (unpaired) electrons. The van der Waals surface area contributed by atoms with Gasteiger partial charge in [-0.3, -0.25) is 14.5 Å². The lowest BCUT2D eigenvalue weighted by Crippen LogP contribution is -2.27. The third-order valence-electron chi connectivity index (χ3n) is 5.06. The van der Waals surface area contributed by atoms with E-state index < -0.39 is 5.97 Å². The van der Waals surface area contributed by atoms with Crippen molar-refractivity contribution in [1.29, 1.82) is 0 Å². The summed E-state index contributed by atoms with van der Waals surface area (Å²) in [5.41, 5.74) is 3.33. The summed E-state index contributed by atoms with van der Waals surface area (Å²) in [6, 6.07) is 9.23. The van der Waals surface area contributed by atoms with E-state index in [1.54, 1.807) is 31.4 Å². The van der Waals surface area contributed by atoms with Gasteiger partial charge in [-0.1, -0.05) is 24.3 Å². The predicted octanol–water partition coefficient (Wildman–Crippen LogP) is 5.18. The molecule has 4 rings (SSSR count). The summed E-state index contributed by atoms with van der Waals surface area (Å²) in [4.78, 5) is 38.7. The molecule has 1 saturated heterocycles. The lowest BCUT2D eigenvalue weighted by molar-refractivity contribution is -0.132. The maximum atomic E-state index is 12.8. The molecular weight excluding hydrogens is 434 g/mol. The first kappa shape index (κ1) is 21.1. The number of carbonyl (C=O) groups is 3. The minimum atomic E-state index is -0.883. The van der Waals surface area contributed by atoms with Gasteiger partial charge < -0.3 is 9.84 Å². The average Bonchev–Trinajstić information content (AvgIpc) is 3.35. The molecule has 2 aliphatic rings. The van der Waals surface area contributed by atoms with E-state index in [1.807, 2.05) is 29.7 Å². The van der Waals surface area contributed by atoms with Crippen molar-refractivity contribution in [2.45, 2.75) is 19.4 Å². The van der Waals surface area contributed by atoms with Crippen molar-refractivity contribution in [2.75, 3.05) is 7.11 Å². The molecule has 6 nitrogen and oxygen atoms in total. The normalized spacial score (nSPS) is 17.7. The monoisotopic (exact) mass is 453 g/mol. The number of amides is 2. The molecule has 2 heterocycles. The Kier molecular flexibility index (Phi) is 6.11. The molecule has 31 heavy (non-hydrogen) atoms. The minimum absolute atomic E-state index is 0.215.